The number of hydrogen-bond donors (Lipinski definition) is 1. The molecule has 3 nitrogen and oxygen atoms in total. The summed E-state index contributed by atoms with van der Waals surface area (Å²) in [6, 6.07) is 9.34. The van der Waals surface area contributed by atoms with Gasteiger partial charge < -0.3 is 15.0 Å². The van der Waals surface area contributed by atoms with Gasteiger partial charge in [0.1, 0.15) is 5.75 Å². The maximum absolute atomic E-state index is 5.95. The highest BCUT2D eigenvalue weighted by Crippen LogP contribution is 2.27. The van der Waals surface area contributed by atoms with E-state index < -0.39 is 0 Å². The van der Waals surface area contributed by atoms with Crippen molar-refractivity contribution in [3.63, 3.8) is 0 Å². The van der Waals surface area contributed by atoms with Crippen LogP contribution in [0, 0.1) is 0 Å². The van der Waals surface area contributed by atoms with Crippen LogP contribution in [0.1, 0.15) is 51.6 Å². The summed E-state index contributed by atoms with van der Waals surface area (Å²) in [6.45, 7) is 8.82. The van der Waals surface area contributed by atoms with Gasteiger partial charge in [-0.2, -0.15) is 0 Å². The predicted octanol–water partition coefficient (Wildman–Crippen LogP) is 3.61. The lowest BCUT2D eigenvalue weighted by Crippen LogP contribution is -2.32. The molecule has 1 aromatic carbocycles. The molecule has 3 heteroatoms. The van der Waals surface area contributed by atoms with Crippen molar-refractivity contribution in [3.05, 3.63) is 29.8 Å². The topological polar surface area (TPSA) is 24.5 Å². The second-order valence-electron chi connectivity index (χ2n) is 6.52. The first-order valence-electron chi connectivity index (χ1n) is 8.26. The van der Waals surface area contributed by atoms with E-state index >= 15 is 0 Å². The number of para-hydroxylation sites is 1. The van der Waals surface area contributed by atoms with E-state index in [1.807, 2.05) is 0 Å². The number of hydrogen-bond acceptors (Lipinski definition) is 3. The summed E-state index contributed by atoms with van der Waals surface area (Å²) in [5, 5.41) is 3.80. The Bertz CT molecular complexity index is 433. The number of nitrogens with zero attached hydrogens (tertiary/aromatic N) is 1. The lowest BCUT2D eigenvalue weighted by Gasteiger charge is -2.24. The second kappa shape index (κ2) is 7.81. The fourth-order valence-corrected chi connectivity index (χ4v) is 3.05. The Morgan fingerprint density at radius 3 is 2.67 bits per heavy atom. The summed E-state index contributed by atoms with van der Waals surface area (Å²) in [5.41, 5.74) is 1.27. The van der Waals surface area contributed by atoms with Crippen molar-refractivity contribution >= 4 is 0 Å². The molecule has 1 aromatic rings. The summed E-state index contributed by atoms with van der Waals surface area (Å²) >= 11 is 0. The maximum Gasteiger partial charge on any atom is 0.124 e. The fraction of sp³-hybridized carbons (Fsp3) is 0.667. The summed E-state index contributed by atoms with van der Waals surface area (Å²) < 4.78 is 5.95. The van der Waals surface area contributed by atoms with Gasteiger partial charge in [0.2, 0.25) is 0 Å². The lowest BCUT2D eigenvalue weighted by atomic mass is 10.0. The fourth-order valence-electron chi connectivity index (χ4n) is 3.05. The zero-order valence-corrected chi connectivity index (χ0v) is 13.9. The summed E-state index contributed by atoms with van der Waals surface area (Å²) in [4.78, 5) is 2.43. The molecule has 2 unspecified atom stereocenters. The van der Waals surface area contributed by atoms with E-state index in [1.165, 1.54) is 37.9 Å². The normalized spacial score (nSPS) is 22.0. The Hall–Kier alpha value is -1.06. The van der Waals surface area contributed by atoms with Gasteiger partial charge >= 0.3 is 0 Å². The molecular weight excluding hydrogens is 260 g/mol. The van der Waals surface area contributed by atoms with Crippen LogP contribution in [0.4, 0.5) is 0 Å². The van der Waals surface area contributed by atoms with Gasteiger partial charge in [-0.05, 0) is 66.2 Å². The number of benzene rings is 1. The molecule has 0 amide bonds. The van der Waals surface area contributed by atoms with Gasteiger partial charge in [0.25, 0.3) is 0 Å². The van der Waals surface area contributed by atoms with Crippen molar-refractivity contribution in [2.24, 2.45) is 0 Å². The molecule has 0 spiro atoms. The summed E-state index contributed by atoms with van der Waals surface area (Å²) in [5.74, 6) is 1.01. The average Bonchev–Trinajstić information content (AvgIpc) is 2.63. The van der Waals surface area contributed by atoms with Gasteiger partial charge in [0.15, 0.2) is 0 Å². The van der Waals surface area contributed by atoms with Crippen LogP contribution in [0.5, 0.6) is 5.75 Å². The van der Waals surface area contributed by atoms with E-state index in [9.17, 15) is 0 Å². The first kappa shape index (κ1) is 16.3. The van der Waals surface area contributed by atoms with Crippen molar-refractivity contribution in [2.75, 3.05) is 20.1 Å². The maximum atomic E-state index is 5.95. The molecule has 0 bridgehead atoms. The summed E-state index contributed by atoms with van der Waals surface area (Å²) in [6.07, 6.45) is 3.99. The molecule has 0 aliphatic carbocycles. The Morgan fingerprint density at radius 2 is 1.90 bits per heavy atom. The van der Waals surface area contributed by atoms with Gasteiger partial charge in [-0.15, -0.1) is 0 Å². The zero-order valence-electron chi connectivity index (χ0n) is 13.9. The smallest absolute Gasteiger partial charge is 0.124 e. The average molecular weight is 290 g/mol. The molecule has 1 fully saturated rings. The molecule has 1 saturated heterocycles. The second-order valence-corrected chi connectivity index (χ2v) is 6.52. The third-order valence-corrected chi connectivity index (χ3v) is 4.19. The Labute approximate surface area is 129 Å². The van der Waals surface area contributed by atoms with Gasteiger partial charge in [-0.1, -0.05) is 18.2 Å². The molecule has 1 N–H and O–H groups in total. The highest BCUT2D eigenvalue weighted by molar-refractivity contribution is 5.35. The lowest BCUT2D eigenvalue weighted by molar-refractivity contribution is 0.237. The van der Waals surface area contributed by atoms with Crippen molar-refractivity contribution in [1.82, 2.24) is 10.2 Å². The molecule has 2 atom stereocenters. The number of likely N-dealkylation sites (tertiary alicyclic amines) is 1. The molecule has 118 valence electrons. The largest absolute Gasteiger partial charge is 0.491 e. The van der Waals surface area contributed by atoms with E-state index in [0.717, 1.165) is 5.75 Å². The van der Waals surface area contributed by atoms with Gasteiger partial charge in [-0.3, -0.25) is 0 Å². The molecule has 2 rings (SSSR count). The van der Waals surface area contributed by atoms with Crippen molar-refractivity contribution < 1.29 is 4.74 Å². The van der Waals surface area contributed by atoms with Crippen molar-refractivity contribution in [2.45, 2.75) is 58.2 Å². The minimum atomic E-state index is 0.213. The van der Waals surface area contributed by atoms with Crippen LogP contribution >= 0.6 is 0 Å². The zero-order chi connectivity index (χ0) is 15.2. The first-order valence-corrected chi connectivity index (χ1v) is 8.26. The van der Waals surface area contributed by atoms with E-state index in [-0.39, 0.29) is 6.10 Å². The molecule has 1 heterocycles. The van der Waals surface area contributed by atoms with Crippen molar-refractivity contribution in [1.29, 1.82) is 0 Å². The molecule has 0 radical (unpaired) electrons. The highest BCUT2D eigenvalue weighted by Gasteiger charge is 2.19. The van der Waals surface area contributed by atoms with Crippen LogP contribution < -0.4 is 10.1 Å². The minimum absolute atomic E-state index is 0.213. The molecule has 0 aromatic heterocycles. The van der Waals surface area contributed by atoms with Crippen LogP contribution in [0.25, 0.3) is 0 Å². The molecule has 21 heavy (non-hydrogen) atoms. The standard InChI is InChI=1S/C18H30N2O/c1-14(2)21-18-10-6-5-9-17(18)15(3)19-16-8-7-12-20(4)13-11-16/h5-6,9-10,14-16,19H,7-8,11-13H2,1-4H3. The predicted molar refractivity (Wildman–Crippen MR) is 88.9 cm³/mol. The Balaban J connectivity index is 2.00. The number of nitrogens with one attached hydrogen (secondary N) is 1. The number of rotatable bonds is 5. The summed E-state index contributed by atoms with van der Waals surface area (Å²) in [7, 11) is 2.22. The van der Waals surface area contributed by atoms with Gasteiger partial charge in [-0.25, -0.2) is 0 Å². The minimum Gasteiger partial charge on any atom is -0.491 e. The first-order chi connectivity index (χ1) is 10.1. The van der Waals surface area contributed by atoms with Crippen LogP contribution in [0.2, 0.25) is 0 Å². The number of ether oxygens (including phenoxy) is 1. The van der Waals surface area contributed by atoms with E-state index in [0.29, 0.717) is 12.1 Å². The Kier molecular flexibility index (Phi) is 6.07. The van der Waals surface area contributed by atoms with E-state index in [2.05, 4.69) is 62.3 Å². The quantitative estimate of drug-likeness (QED) is 0.896. The van der Waals surface area contributed by atoms with Crippen molar-refractivity contribution in [3.8, 4) is 5.75 Å². The monoisotopic (exact) mass is 290 g/mol. The third kappa shape index (κ3) is 5.01. The molecular formula is C18H30N2O. The van der Waals surface area contributed by atoms with Crippen LogP contribution in [-0.2, 0) is 0 Å². The van der Waals surface area contributed by atoms with Crippen LogP contribution in [-0.4, -0.2) is 37.2 Å². The van der Waals surface area contributed by atoms with Crippen LogP contribution in [0.15, 0.2) is 24.3 Å². The molecule has 0 saturated carbocycles. The highest BCUT2D eigenvalue weighted by atomic mass is 16.5. The van der Waals surface area contributed by atoms with Crippen LogP contribution in [0.3, 0.4) is 0 Å². The molecule has 1 aliphatic rings. The van der Waals surface area contributed by atoms with E-state index in [4.69, 9.17) is 4.74 Å². The van der Waals surface area contributed by atoms with Gasteiger partial charge in [0.05, 0.1) is 6.10 Å². The van der Waals surface area contributed by atoms with Gasteiger partial charge in [0, 0.05) is 17.6 Å². The molecule has 1 aliphatic heterocycles. The SMILES string of the molecule is CC(C)Oc1ccccc1C(C)NC1CCCN(C)CC1. The third-order valence-electron chi connectivity index (χ3n) is 4.19. The van der Waals surface area contributed by atoms with E-state index in [1.54, 1.807) is 0 Å². The Morgan fingerprint density at radius 1 is 1.14 bits per heavy atom.